The monoisotopic (exact) mass is 188 g/mol. The maximum Gasteiger partial charge on any atom is 0.137 e. The number of nitrogens with zero attached hydrogens (tertiary/aromatic N) is 2. The van der Waals surface area contributed by atoms with Crippen LogP contribution in [0.3, 0.4) is 0 Å². The van der Waals surface area contributed by atoms with E-state index in [1.807, 2.05) is 55.6 Å². The van der Waals surface area contributed by atoms with Crippen LogP contribution in [-0.4, -0.2) is 9.38 Å². The standard InChI is InChI=1S/C10H10N2.C2H6/c1-3-9-8(2)11-10-6-4-5-7-12(9)10;1-2/h3-7H,1H2,2H3;1-2H3. The fourth-order valence-electron chi connectivity index (χ4n) is 1.38. The van der Waals surface area contributed by atoms with E-state index in [0.717, 1.165) is 17.0 Å². The van der Waals surface area contributed by atoms with Crippen molar-refractivity contribution in [1.29, 1.82) is 0 Å². The van der Waals surface area contributed by atoms with E-state index in [-0.39, 0.29) is 0 Å². The molecule has 0 atom stereocenters. The molecule has 0 spiro atoms. The molecule has 0 fully saturated rings. The fourth-order valence-corrected chi connectivity index (χ4v) is 1.38. The van der Waals surface area contributed by atoms with Crippen molar-refractivity contribution in [3.8, 4) is 0 Å². The Morgan fingerprint density at radius 3 is 2.71 bits per heavy atom. The molecule has 2 rings (SSSR count). The van der Waals surface area contributed by atoms with Crippen molar-refractivity contribution in [1.82, 2.24) is 9.38 Å². The summed E-state index contributed by atoms with van der Waals surface area (Å²) in [6, 6.07) is 5.95. The third kappa shape index (κ3) is 1.69. The number of pyridine rings is 1. The van der Waals surface area contributed by atoms with Crippen molar-refractivity contribution in [2.45, 2.75) is 20.8 Å². The summed E-state index contributed by atoms with van der Waals surface area (Å²) in [5, 5.41) is 0. The lowest BCUT2D eigenvalue weighted by atomic mass is 10.3. The molecule has 2 aromatic rings. The van der Waals surface area contributed by atoms with E-state index >= 15 is 0 Å². The van der Waals surface area contributed by atoms with Crippen molar-refractivity contribution in [2.24, 2.45) is 0 Å². The summed E-state index contributed by atoms with van der Waals surface area (Å²) in [5.41, 5.74) is 3.08. The number of hydrogen-bond donors (Lipinski definition) is 0. The van der Waals surface area contributed by atoms with Gasteiger partial charge in [0.15, 0.2) is 0 Å². The topological polar surface area (TPSA) is 17.3 Å². The maximum atomic E-state index is 4.38. The van der Waals surface area contributed by atoms with Crippen LogP contribution >= 0.6 is 0 Å². The molecule has 0 amide bonds. The minimum Gasteiger partial charge on any atom is -0.300 e. The SMILES string of the molecule is C=Cc1c(C)nc2ccccn12.CC. The summed E-state index contributed by atoms with van der Waals surface area (Å²) in [6.07, 6.45) is 3.82. The number of aryl methyl sites for hydroxylation is 1. The van der Waals surface area contributed by atoms with Crippen LogP contribution in [0.25, 0.3) is 11.7 Å². The van der Waals surface area contributed by atoms with Gasteiger partial charge in [-0.15, -0.1) is 0 Å². The zero-order valence-electron chi connectivity index (χ0n) is 8.99. The van der Waals surface area contributed by atoms with Gasteiger partial charge in [-0.25, -0.2) is 4.98 Å². The van der Waals surface area contributed by atoms with Crippen molar-refractivity contribution < 1.29 is 0 Å². The summed E-state index contributed by atoms with van der Waals surface area (Å²) in [5.74, 6) is 0. The molecule has 0 N–H and O–H groups in total. The quantitative estimate of drug-likeness (QED) is 0.671. The highest BCUT2D eigenvalue weighted by Gasteiger charge is 2.02. The normalized spacial score (nSPS) is 9.36. The van der Waals surface area contributed by atoms with Gasteiger partial charge in [-0.3, -0.25) is 0 Å². The van der Waals surface area contributed by atoms with Gasteiger partial charge in [0.05, 0.1) is 11.4 Å². The lowest BCUT2D eigenvalue weighted by molar-refractivity contribution is 1.16. The second-order valence-corrected chi connectivity index (χ2v) is 2.72. The maximum absolute atomic E-state index is 4.38. The molecule has 0 saturated carbocycles. The van der Waals surface area contributed by atoms with E-state index in [9.17, 15) is 0 Å². The molecule has 2 nitrogen and oxygen atoms in total. The molecule has 0 bridgehead atoms. The van der Waals surface area contributed by atoms with Gasteiger partial charge in [0, 0.05) is 6.20 Å². The predicted octanol–water partition coefficient (Wildman–Crippen LogP) is 3.31. The molecule has 2 heteroatoms. The zero-order valence-corrected chi connectivity index (χ0v) is 8.99. The van der Waals surface area contributed by atoms with E-state index in [2.05, 4.69) is 11.6 Å². The minimum atomic E-state index is 0.977. The molecule has 0 saturated heterocycles. The summed E-state index contributed by atoms with van der Waals surface area (Å²) < 4.78 is 2.03. The molecule has 74 valence electrons. The average Bonchev–Trinajstić information content (AvgIpc) is 2.56. The van der Waals surface area contributed by atoms with E-state index in [0.29, 0.717) is 0 Å². The third-order valence-electron chi connectivity index (χ3n) is 1.94. The van der Waals surface area contributed by atoms with Crippen LogP contribution in [0.2, 0.25) is 0 Å². The Hall–Kier alpha value is -1.57. The molecular weight excluding hydrogens is 172 g/mol. The van der Waals surface area contributed by atoms with Gasteiger partial charge in [0.2, 0.25) is 0 Å². The van der Waals surface area contributed by atoms with Crippen molar-refractivity contribution in [3.63, 3.8) is 0 Å². The van der Waals surface area contributed by atoms with Crippen LogP contribution in [0.1, 0.15) is 25.2 Å². The van der Waals surface area contributed by atoms with Crippen molar-refractivity contribution >= 4 is 11.7 Å². The van der Waals surface area contributed by atoms with Crippen LogP contribution in [0.4, 0.5) is 0 Å². The fraction of sp³-hybridized carbons (Fsp3) is 0.250. The second-order valence-electron chi connectivity index (χ2n) is 2.72. The molecule has 0 radical (unpaired) electrons. The predicted molar refractivity (Wildman–Crippen MR) is 61.4 cm³/mol. The lowest BCUT2D eigenvalue weighted by Gasteiger charge is -1.93. The van der Waals surface area contributed by atoms with Gasteiger partial charge in [0.1, 0.15) is 5.65 Å². The molecule has 0 aliphatic heterocycles. The van der Waals surface area contributed by atoms with Gasteiger partial charge >= 0.3 is 0 Å². The van der Waals surface area contributed by atoms with E-state index in [1.54, 1.807) is 0 Å². The Kier molecular flexibility index (Phi) is 3.46. The Balaban J connectivity index is 0.000000461. The van der Waals surface area contributed by atoms with Crippen LogP contribution in [0.5, 0.6) is 0 Å². The van der Waals surface area contributed by atoms with Crippen molar-refractivity contribution in [2.75, 3.05) is 0 Å². The number of rotatable bonds is 1. The first kappa shape index (κ1) is 10.5. The Bertz CT molecular complexity index is 427. The van der Waals surface area contributed by atoms with Gasteiger partial charge in [-0.05, 0) is 25.1 Å². The highest BCUT2D eigenvalue weighted by Crippen LogP contribution is 2.11. The summed E-state index contributed by atoms with van der Waals surface area (Å²) in [7, 11) is 0. The Labute approximate surface area is 84.9 Å². The van der Waals surface area contributed by atoms with Crippen molar-refractivity contribution in [3.05, 3.63) is 42.4 Å². The first-order valence-corrected chi connectivity index (χ1v) is 4.89. The van der Waals surface area contributed by atoms with Crippen LogP contribution < -0.4 is 0 Å². The molecule has 2 aromatic heterocycles. The average molecular weight is 188 g/mol. The van der Waals surface area contributed by atoms with E-state index in [1.165, 1.54) is 0 Å². The zero-order chi connectivity index (χ0) is 10.6. The minimum absolute atomic E-state index is 0.977. The molecule has 14 heavy (non-hydrogen) atoms. The summed E-state index contributed by atoms with van der Waals surface area (Å²) >= 11 is 0. The highest BCUT2D eigenvalue weighted by atomic mass is 15.0. The highest BCUT2D eigenvalue weighted by molar-refractivity contribution is 5.54. The van der Waals surface area contributed by atoms with Gasteiger partial charge in [0.25, 0.3) is 0 Å². The number of hydrogen-bond acceptors (Lipinski definition) is 1. The summed E-state index contributed by atoms with van der Waals surface area (Å²) in [4.78, 5) is 4.38. The Morgan fingerprint density at radius 2 is 2.07 bits per heavy atom. The number of aromatic nitrogens is 2. The van der Waals surface area contributed by atoms with Gasteiger partial charge < -0.3 is 4.40 Å². The molecule has 2 heterocycles. The largest absolute Gasteiger partial charge is 0.300 e. The second kappa shape index (κ2) is 4.61. The first-order chi connectivity index (χ1) is 6.83. The van der Waals surface area contributed by atoms with Crippen LogP contribution in [0.15, 0.2) is 31.0 Å². The molecule has 0 aliphatic carbocycles. The van der Waals surface area contributed by atoms with Gasteiger partial charge in [-0.2, -0.15) is 0 Å². The van der Waals surface area contributed by atoms with E-state index < -0.39 is 0 Å². The van der Waals surface area contributed by atoms with Crippen LogP contribution in [0, 0.1) is 6.92 Å². The first-order valence-electron chi connectivity index (χ1n) is 4.89. The molecule has 0 unspecified atom stereocenters. The molecule has 0 aliphatic rings. The molecular formula is C12H16N2. The third-order valence-corrected chi connectivity index (χ3v) is 1.94. The molecule has 0 aromatic carbocycles. The van der Waals surface area contributed by atoms with Crippen LogP contribution in [-0.2, 0) is 0 Å². The van der Waals surface area contributed by atoms with E-state index in [4.69, 9.17) is 0 Å². The Morgan fingerprint density at radius 1 is 1.36 bits per heavy atom. The summed E-state index contributed by atoms with van der Waals surface area (Å²) in [6.45, 7) is 9.74. The lowest BCUT2D eigenvalue weighted by Crippen LogP contribution is -1.85. The number of imidazole rings is 1. The smallest absolute Gasteiger partial charge is 0.137 e. The number of fused-ring (bicyclic) bond motifs is 1. The van der Waals surface area contributed by atoms with Gasteiger partial charge in [-0.1, -0.05) is 26.5 Å².